The van der Waals surface area contributed by atoms with Gasteiger partial charge in [0.15, 0.2) is 0 Å². The van der Waals surface area contributed by atoms with Gasteiger partial charge in [0.2, 0.25) is 11.8 Å². The summed E-state index contributed by atoms with van der Waals surface area (Å²) in [5.41, 5.74) is 6.60. The monoisotopic (exact) mass is 587 g/mol. The van der Waals surface area contributed by atoms with E-state index >= 15 is 0 Å². The van der Waals surface area contributed by atoms with Crippen molar-refractivity contribution in [1.29, 1.82) is 0 Å². The van der Waals surface area contributed by atoms with Crippen molar-refractivity contribution in [2.45, 2.75) is 65.4 Å². The van der Waals surface area contributed by atoms with Crippen molar-refractivity contribution in [3.8, 4) is 11.4 Å². The fraction of sp³-hybridized carbons (Fsp3) is 0.483. The van der Waals surface area contributed by atoms with E-state index in [4.69, 9.17) is 19.7 Å². The van der Waals surface area contributed by atoms with Gasteiger partial charge in [0, 0.05) is 31.5 Å². The zero-order valence-electron chi connectivity index (χ0n) is 24.6. The Labute approximate surface area is 244 Å². The van der Waals surface area contributed by atoms with Gasteiger partial charge in [-0.15, -0.1) is 0 Å². The molecule has 0 saturated carbocycles. The summed E-state index contributed by atoms with van der Waals surface area (Å²) in [7, 11) is 0. The zero-order chi connectivity index (χ0) is 30.6. The molecule has 5 rings (SSSR count). The minimum Gasteiger partial charge on any atom is -0.447 e. The first kappa shape index (κ1) is 32.5. The molecule has 0 bridgehead atoms. The van der Waals surface area contributed by atoms with E-state index in [9.17, 15) is 13.6 Å². The molecule has 2 atom stereocenters. The fourth-order valence-electron chi connectivity index (χ4n) is 3.81. The van der Waals surface area contributed by atoms with Crippen LogP contribution in [0.2, 0.25) is 0 Å². The predicted octanol–water partition coefficient (Wildman–Crippen LogP) is 4.92. The summed E-state index contributed by atoms with van der Waals surface area (Å²) < 4.78 is 40.3. The maximum atomic E-state index is 11.9. The number of allylic oxidation sites excluding steroid dienone is 2. The average molecular weight is 588 g/mol. The Kier molecular flexibility index (Phi) is 12.3. The SMILES string of the molecule is C/C=C/C.CC(C)OC(=O)N1CC(OC(C)c2nc(-c3cnc(N4CCC(N)C4)nc3)no2)C1.Fc1ccc(F)cc1. The van der Waals surface area contributed by atoms with Crippen LogP contribution in [0, 0.1) is 11.6 Å². The van der Waals surface area contributed by atoms with Crippen molar-refractivity contribution in [3.63, 3.8) is 0 Å². The van der Waals surface area contributed by atoms with Crippen LogP contribution in [0.15, 0.2) is 53.3 Å². The molecule has 0 radical (unpaired) electrons. The van der Waals surface area contributed by atoms with Crippen LogP contribution < -0.4 is 10.6 Å². The third-order valence-corrected chi connectivity index (χ3v) is 6.17. The van der Waals surface area contributed by atoms with Crippen LogP contribution in [0.4, 0.5) is 19.5 Å². The van der Waals surface area contributed by atoms with Crippen molar-refractivity contribution >= 4 is 12.0 Å². The molecule has 0 aliphatic carbocycles. The molecular formula is C29H39F2N7O4. The molecule has 2 fully saturated rings. The van der Waals surface area contributed by atoms with E-state index in [0.717, 1.165) is 43.8 Å². The van der Waals surface area contributed by atoms with Crippen LogP contribution in [-0.4, -0.2) is 75.5 Å². The molecule has 2 N–H and O–H groups in total. The zero-order valence-corrected chi connectivity index (χ0v) is 24.6. The highest BCUT2D eigenvalue weighted by atomic mass is 19.1. The number of benzene rings is 1. The molecule has 4 heterocycles. The van der Waals surface area contributed by atoms with E-state index in [1.807, 2.05) is 46.8 Å². The van der Waals surface area contributed by atoms with Crippen molar-refractivity contribution in [3.05, 3.63) is 66.3 Å². The normalized spacial score (nSPS) is 17.3. The minimum atomic E-state index is -0.411. The van der Waals surface area contributed by atoms with E-state index in [1.54, 1.807) is 17.3 Å². The standard InChI is InChI=1S/C19H27N7O4.C6H4F2.C4H8/c1-11(2)28-19(27)26-9-15(10-26)29-12(3)17-23-16(24-30-17)13-6-21-18(22-7-13)25-5-4-14(20)8-25;7-5-1-2-6(8)4-3-5;1-3-4-2/h6-7,11-12,14-15H,4-5,8-10,20H2,1-3H3;1-4H;3-4H,1-2H3/b;;4-3+. The van der Waals surface area contributed by atoms with E-state index in [2.05, 4.69) is 25.0 Å². The smallest absolute Gasteiger partial charge is 0.410 e. The molecule has 2 aliphatic heterocycles. The first-order valence-electron chi connectivity index (χ1n) is 13.9. The second kappa shape index (κ2) is 15.9. The summed E-state index contributed by atoms with van der Waals surface area (Å²) >= 11 is 0. The fourth-order valence-corrected chi connectivity index (χ4v) is 3.81. The van der Waals surface area contributed by atoms with Crippen LogP contribution in [0.25, 0.3) is 11.4 Å². The number of likely N-dealkylation sites (tertiary alicyclic amines) is 1. The summed E-state index contributed by atoms with van der Waals surface area (Å²) in [5.74, 6) is 0.596. The first-order chi connectivity index (χ1) is 20.1. The van der Waals surface area contributed by atoms with Gasteiger partial charge in [-0.2, -0.15) is 4.98 Å². The highest BCUT2D eigenvalue weighted by Gasteiger charge is 2.35. The number of aromatic nitrogens is 4. The Bertz CT molecular complexity index is 1240. The Morgan fingerprint density at radius 2 is 1.64 bits per heavy atom. The van der Waals surface area contributed by atoms with E-state index in [-0.39, 0.29) is 24.3 Å². The van der Waals surface area contributed by atoms with E-state index < -0.39 is 17.7 Å². The number of rotatable bonds is 6. The molecular weight excluding hydrogens is 548 g/mol. The van der Waals surface area contributed by atoms with Crippen LogP contribution in [0.3, 0.4) is 0 Å². The molecule has 2 unspecified atom stereocenters. The number of anilines is 1. The van der Waals surface area contributed by atoms with Crippen molar-refractivity contribution in [1.82, 2.24) is 25.0 Å². The van der Waals surface area contributed by atoms with Gasteiger partial charge in [-0.05, 0) is 65.3 Å². The van der Waals surface area contributed by atoms with Gasteiger partial charge in [0.1, 0.15) is 17.7 Å². The molecule has 2 aromatic heterocycles. The van der Waals surface area contributed by atoms with Crippen molar-refractivity contribution in [2.24, 2.45) is 5.73 Å². The number of nitrogens with zero attached hydrogens (tertiary/aromatic N) is 6. The van der Waals surface area contributed by atoms with Crippen LogP contribution in [-0.2, 0) is 9.47 Å². The molecule has 13 heteroatoms. The average Bonchev–Trinajstić information content (AvgIpc) is 3.62. The van der Waals surface area contributed by atoms with E-state index in [0.29, 0.717) is 36.3 Å². The lowest BCUT2D eigenvalue weighted by Gasteiger charge is -2.39. The van der Waals surface area contributed by atoms with Gasteiger partial charge in [-0.25, -0.2) is 23.5 Å². The molecule has 228 valence electrons. The number of hydrogen-bond acceptors (Lipinski definition) is 10. The number of ether oxygens (including phenoxy) is 2. The maximum Gasteiger partial charge on any atom is 0.410 e. The molecule has 2 saturated heterocycles. The summed E-state index contributed by atoms with van der Waals surface area (Å²) in [5, 5.41) is 4.01. The third-order valence-electron chi connectivity index (χ3n) is 6.17. The van der Waals surface area contributed by atoms with Crippen LogP contribution in [0.5, 0.6) is 0 Å². The van der Waals surface area contributed by atoms with Gasteiger partial charge < -0.3 is 29.5 Å². The number of carbonyl (C=O) groups is 1. The lowest BCUT2D eigenvalue weighted by atomic mass is 10.2. The Balaban J connectivity index is 0.000000337. The maximum absolute atomic E-state index is 11.9. The minimum absolute atomic E-state index is 0.0930. The molecule has 11 nitrogen and oxygen atoms in total. The third kappa shape index (κ3) is 9.84. The molecule has 42 heavy (non-hydrogen) atoms. The lowest BCUT2D eigenvalue weighted by molar-refractivity contribution is -0.0916. The molecule has 1 aromatic carbocycles. The summed E-state index contributed by atoms with van der Waals surface area (Å²) in [6, 6.07) is 4.48. The highest BCUT2D eigenvalue weighted by Crippen LogP contribution is 2.25. The second-order valence-corrected chi connectivity index (χ2v) is 10.1. The number of amides is 1. The van der Waals surface area contributed by atoms with Crippen molar-refractivity contribution in [2.75, 3.05) is 31.1 Å². The summed E-state index contributed by atoms with van der Waals surface area (Å²) in [6.07, 6.45) is 7.34. The predicted molar refractivity (Wildman–Crippen MR) is 153 cm³/mol. The lowest BCUT2D eigenvalue weighted by Crippen LogP contribution is -2.55. The van der Waals surface area contributed by atoms with Gasteiger partial charge in [-0.1, -0.05) is 17.3 Å². The Hall–Kier alpha value is -3.97. The van der Waals surface area contributed by atoms with E-state index in [1.165, 1.54) is 0 Å². The van der Waals surface area contributed by atoms with Gasteiger partial charge in [-0.3, -0.25) is 0 Å². The number of hydrogen-bond donors (Lipinski definition) is 1. The van der Waals surface area contributed by atoms with Crippen LogP contribution in [0.1, 0.15) is 53.0 Å². The quantitative estimate of drug-likeness (QED) is 0.396. The molecule has 1 amide bonds. The van der Waals surface area contributed by atoms with Gasteiger partial charge in [0.05, 0.1) is 30.9 Å². The van der Waals surface area contributed by atoms with Crippen LogP contribution >= 0.6 is 0 Å². The highest BCUT2D eigenvalue weighted by molar-refractivity contribution is 5.69. The summed E-state index contributed by atoms with van der Waals surface area (Å²) in [6.45, 7) is 12.0. The summed E-state index contributed by atoms with van der Waals surface area (Å²) in [4.78, 5) is 28.7. The largest absolute Gasteiger partial charge is 0.447 e. The Morgan fingerprint density at radius 1 is 1.05 bits per heavy atom. The Morgan fingerprint density at radius 3 is 2.14 bits per heavy atom. The molecule has 2 aliphatic rings. The first-order valence-corrected chi connectivity index (χ1v) is 13.9. The topological polar surface area (TPSA) is 133 Å². The molecule has 0 spiro atoms. The van der Waals surface area contributed by atoms with Gasteiger partial charge in [0.25, 0.3) is 5.89 Å². The van der Waals surface area contributed by atoms with Gasteiger partial charge >= 0.3 is 6.09 Å². The molecule has 3 aromatic rings. The second-order valence-electron chi connectivity index (χ2n) is 10.1. The number of carbonyl (C=O) groups excluding carboxylic acids is 1. The van der Waals surface area contributed by atoms with Crippen molar-refractivity contribution < 1.29 is 27.6 Å². The number of halogens is 2. The number of nitrogens with two attached hydrogens (primary N) is 1.